The molecule has 2 heterocycles. The molecule has 31 heavy (non-hydrogen) atoms. The standard InChI is InChI=1S/C24H32N4O2S/c1-17-5-3-4-6-21(17)23(30)28-14-11-18(12-15-28)22(29)26-19-7-9-20(10-8-19)31-24-25-13-16-27(24)2/h3-6,13,16,18-20H,7-12,14-15H2,1-2H3,(H,26,29). The quantitative estimate of drug-likeness (QED) is 0.768. The molecule has 1 saturated carbocycles. The van der Waals surface area contributed by atoms with Crippen molar-refractivity contribution >= 4 is 23.6 Å². The Morgan fingerprint density at radius 3 is 2.42 bits per heavy atom. The molecule has 2 fully saturated rings. The van der Waals surface area contributed by atoms with E-state index >= 15 is 0 Å². The van der Waals surface area contributed by atoms with Crippen molar-refractivity contribution in [2.75, 3.05) is 13.1 Å². The third kappa shape index (κ3) is 5.32. The smallest absolute Gasteiger partial charge is 0.254 e. The van der Waals surface area contributed by atoms with Gasteiger partial charge in [-0.05, 0) is 57.1 Å². The molecule has 0 unspecified atom stereocenters. The van der Waals surface area contributed by atoms with E-state index in [4.69, 9.17) is 0 Å². The molecule has 0 radical (unpaired) electrons. The average molecular weight is 441 g/mol. The van der Waals surface area contributed by atoms with Crippen LogP contribution in [0.3, 0.4) is 0 Å². The molecule has 2 aromatic rings. The number of piperidine rings is 1. The van der Waals surface area contributed by atoms with Crippen molar-refractivity contribution in [2.45, 2.75) is 61.9 Å². The topological polar surface area (TPSA) is 67.2 Å². The molecular formula is C24H32N4O2S. The van der Waals surface area contributed by atoms with Crippen molar-refractivity contribution in [1.82, 2.24) is 19.8 Å². The minimum atomic E-state index is 0.0144. The maximum Gasteiger partial charge on any atom is 0.254 e. The van der Waals surface area contributed by atoms with Gasteiger partial charge in [0, 0.05) is 55.3 Å². The van der Waals surface area contributed by atoms with Crippen molar-refractivity contribution in [3.8, 4) is 0 Å². The van der Waals surface area contributed by atoms with Gasteiger partial charge in [-0.15, -0.1) is 0 Å². The minimum absolute atomic E-state index is 0.0144. The van der Waals surface area contributed by atoms with Gasteiger partial charge in [0.25, 0.3) is 5.91 Å². The molecule has 4 rings (SSSR count). The van der Waals surface area contributed by atoms with Crippen LogP contribution in [0.4, 0.5) is 0 Å². The van der Waals surface area contributed by atoms with E-state index in [-0.39, 0.29) is 23.8 Å². The van der Waals surface area contributed by atoms with Crippen LogP contribution in [-0.4, -0.2) is 50.6 Å². The van der Waals surface area contributed by atoms with Gasteiger partial charge in [-0.3, -0.25) is 9.59 Å². The second-order valence-electron chi connectivity index (χ2n) is 8.80. The highest BCUT2D eigenvalue weighted by Gasteiger charge is 2.30. The zero-order valence-electron chi connectivity index (χ0n) is 18.4. The molecule has 166 valence electrons. The van der Waals surface area contributed by atoms with Crippen LogP contribution in [0.5, 0.6) is 0 Å². The number of thioether (sulfide) groups is 1. The van der Waals surface area contributed by atoms with Crippen molar-refractivity contribution in [3.63, 3.8) is 0 Å². The third-order valence-electron chi connectivity index (χ3n) is 6.60. The maximum atomic E-state index is 12.8. The van der Waals surface area contributed by atoms with E-state index in [1.165, 1.54) is 0 Å². The highest BCUT2D eigenvalue weighted by atomic mass is 32.2. The molecule has 1 N–H and O–H groups in total. The molecule has 0 bridgehead atoms. The lowest BCUT2D eigenvalue weighted by atomic mass is 9.92. The Bertz CT molecular complexity index is 912. The fraction of sp³-hybridized carbons (Fsp3) is 0.542. The normalized spacial score (nSPS) is 22.3. The van der Waals surface area contributed by atoms with Crippen LogP contribution in [0.2, 0.25) is 0 Å². The fourth-order valence-electron chi connectivity index (χ4n) is 4.59. The Labute approximate surface area is 188 Å². The first kappa shape index (κ1) is 21.9. The summed E-state index contributed by atoms with van der Waals surface area (Å²) < 4.78 is 2.06. The van der Waals surface area contributed by atoms with E-state index in [1.807, 2.05) is 67.3 Å². The summed E-state index contributed by atoms with van der Waals surface area (Å²) in [6, 6.07) is 7.99. The van der Waals surface area contributed by atoms with E-state index in [9.17, 15) is 9.59 Å². The summed E-state index contributed by atoms with van der Waals surface area (Å²) >= 11 is 1.85. The fourth-order valence-corrected chi connectivity index (χ4v) is 5.74. The van der Waals surface area contributed by atoms with Crippen LogP contribution in [-0.2, 0) is 11.8 Å². The van der Waals surface area contributed by atoms with Crippen molar-refractivity contribution < 1.29 is 9.59 Å². The van der Waals surface area contributed by atoms with Crippen molar-refractivity contribution in [2.24, 2.45) is 13.0 Å². The molecule has 1 aromatic carbocycles. The highest BCUT2D eigenvalue weighted by Crippen LogP contribution is 2.33. The van der Waals surface area contributed by atoms with Crippen molar-refractivity contribution in [3.05, 3.63) is 47.8 Å². The molecule has 1 aliphatic heterocycles. The SMILES string of the molecule is Cc1ccccc1C(=O)N1CCC(C(=O)NC2CCC(Sc3nccn3C)CC2)CC1. The lowest BCUT2D eigenvalue weighted by molar-refractivity contribution is -0.127. The molecule has 1 aromatic heterocycles. The number of imidazole rings is 1. The average Bonchev–Trinajstić information content (AvgIpc) is 3.19. The monoisotopic (exact) mass is 440 g/mol. The zero-order valence-corrected chi connectivity index (χ0v) is 19.2. The van der Waals surface area contributed by atoms with Crippen LogP contribution in [0, 0.1) is 12.8 Å². The second kappa shape index (κ2) is 9.90. The van der Waals surface area contributed by atoms with Gasteiger partial charge < -0.3 is 14.8 Å². The Hall–Kier alpha value is -2.28. The first-order valence-corrected chi connectivity index (χ1v) is 12.2. The minimum Gasteiger partial charge on any atom is -0.353 e. The molecule has 1 aliphatic carbocycles. The molecule has 0 atom stereocenters. The summed E-state index contributed by atoms with van der Waals surface area (Å²) in [5.41, 5.74) is 1.77. The number of carbonyl (C=O) groups excluding carboxylic acids is 2. The highest BCUT2D eigenvalue weighted by molar-refractivity contribution is 7.99. The molecular weight excluding hydrogens is 408 g/mol. The van der Waals surface area contributed by atoms with Gasteiger partial charge in [0.1, 0.15) is 0 Å². The van der Waals surface area contributed by atoms with Crippen LogP contribution in [0.15, 0.2) is 41.8 Å². The van der Waals surface area contributed by atoms with Gasteiger partial charge in [-0.1, -0.05) is 30.0 Å². The van der Waals surface area contributed by atoms with Gasteiger partial charge in [0.2, 0.25) is 5.91 Å². The Kier molecular flexibility index (Phi) is 7.00. The maximum absolute atomic E-state index is 12.8. The van der Waals surface area contributed by atoms with E-state index < -0.39 is 0 Å². The van der Waals surface area contributed by atoms with Gasteiger partial charge in [0.15, 0.2) is 5.16 Å². The number of aromatic nitrogens is 2. The van der Waals surface area contributed by atoms with Gasteiger partial charge in [-0.25, -0.2) is 4.98 Å². The van der Waals surface area contributed by atoms with Crippen LogP contribution >= 0.6 is 11.8 Å². The number of rotatable bonds is 5. The van der Waals surface area contributed by atoms with Crippen LogP contribution < -0.4 is 5.32 Å². The van der Waals surface area contributed by atoms with E-state index in [0.717, 1.165) is 54.8 Å². The van der Waals surface area contributed by atoms with Crippen LogP contribution in [0.25, 0.3) is 0 Å². The van der Waals surface area contributed by atoms with Crippen molar-refractivity contribution in [1.29, 1.82) is 0 Å². The largest absolute Gasteiger partial charge is 0.353 e. The zero-order chi connectivity index (χ0) is 21.8. The summed E-state index contributed by atoms with van der Waals surface area (Å²) in [7, 11) is 2.03. The molecule has 1 saturated heterocycles. The van der Waals surface area contributed by atoms with E-state index in [0.29, 0.717) is 18.3 Å². The Balaban J connectivity index is 1.20. The van der Waals surface area contributed by atoms with Gasteiger partial charge >= 0.3 is 0 Å². The van der Waals surface area contributed by atoms with E-state index in [2.05, 4.69) is 14.9 Å². The molecule has 6 nitrogen and oxygen atoms in total. The number of nitrogens with zero attached hydrogens (tertiary/aromatic N) is 3. The molecule has 7 heteroatoms. The van der Waals surface area contributed by atoms with E-state index in [1.54, 1.807) is 0 Å². The first-order chi connectivity index (χ1) is 15.0. The summed E-state index contributed by atoms with van der Waals surface area (Å²) in [6.45, 7) is 3.27. The lowest BCUT2D eigenvalue weighted by Gasteiger charge is -2.34. The third-order valence-corrected chi connectivity index (χ3v) is 8.01. The summed E-state index contributed by atoms with van der Waals surface area (Å²) in [5.74, 6) is 0.268. The number of benzene rings is 1. The van der Waals surface area contributed by atoms with Gasteiger partial charge in [-0.2, -0.15) is 0 Å². The predicted octanol–water partition coefficient (Wildman–Crippen LogP) is 3.80. The lowest BCUT2D eigenvalue weighted by Crippen LogP contribution is -2.46. The molecule has 2 amide bonds. The number of hydrogen-bond acceptors (Lipinski definition) is 4. The summed E-state index contributed by atoms with van der Waals surface area (Å²) in [5, 5.41) is 4.93. The number of aryl methyl sites for hydroxylation is 2. The Morgan fingerprint density at radius 2 is 1.77 bits per heavy atom. The Morgan fingerprint density at radius 1 is 1.06 bits per heavy atom. The number of nitrogens with one attached hydrogen (secondary N) is 1. The summed E-state index contributed by atoms with van der Waals surface area (Å²) in [4.78, 5) is 31.9. The predicted molar refractivity (Wildman–Crippen MR) is 123 cm³/mol. The molecule has 0 spiro atoms. The first-order valence-electron chi connectivity index (χ1n) is 11.3. The molecule has 2 aliphatic rings. The second-order valence-corrected chi connectivity index (χ2v) is 10.1. The van der Waals surface area contributed by atoms with Gasteiger partial charge in [0.05, 0.1) is 0 Å². The number of carbonyl (C=O) groups is 2. The number of hydrogen-bond donors (Lipinski definition) is 1. The number of amides is 2. The number of likely N-dealkylation sites (tertiary alicyclic amines) is 1. The summed E-state index contributed by atoms with van der Waals surface area (Å²) in [6.07, 6.45) is 9.57. The van der Waals surface area contributed by atoms with Crippen LogP contribution in [0.1, 0.15) is 54.4 Å².